The number of benzene rings is 1. The zero-order valence-electron chi connectivity index (χ0n) is 12.8. The normalized spacial score (nSPS) is 14.1. The van der Waals surface area contributed by atoms with Crippen LogP contribution in [-0.4, -0.2) is 49.0 Å². The lowest BCUT2D eigenvalue weighted by atomic mass is 10.1. The molecule has 23 heavy (non-hydrogen) atoms. The van der Waals surface area contributed by atoms with Crippen LogP contribution in [-0.2, 0) is 20.9 Å². The maximum Gasteiger partial charge on any atom is 0.255 e. The number of carbonyl (C=O) groups is 4. The summed E-state index contributed by atoms with van der Waals surface area (Å²) >= 11 is 0. The maximum atomic E-state index is 12.5. The Morgan fingerprint density at radius 3 is 2.87 bits per heavy atom. The summed E-state index contributed by atoms with van der Waals surface area (Å²) in [5.74, 6) is 0.00275. The van der Waals surface area contributed by atoms with Crippen molar-refractivity contribution >= 4 is 24.4 Å². The maximum absolute atomic E-state index is 12.5. The number of aldehydes is 2. The second-order valence-corrected chi connectivity index (χ2v) is 5.11. The van der Waals surface area contributed by atoms with Crippen LogP contribution >= 0.6 is 0 Å². The summed E-state index contributed by atoms with van der Waals surface area (Å²) in [5.41, 5.74) is 1.12. The van der Waals surface area contributed by atoms with Crippen LogP contribution in [0.5, 0.6) is 5.75 Å². The summed E-state index contributed by atoms with van der Waals surface area (Å²) in [6, 6.07) is 4.33. The fourth-order valence-corrected chi connectivity index (χ4v) is 2.55. The van der Waals surface area contributed by atoms with Crippen molar-refractivity contribution in [1.29, 1.82) is 0 Å². The molecular formula is C16H18N2O5. The second kappa shape index (κ2) is 7.53. The molecule has 2 rings (SSSR count). The first kappa shape index (κ1) is 16.7. The molecule has 1 aromatic carbocycles. The fourth-order valence-electron chi connectivity index (χ4n) is 2.55. The zero-order valence-corrected chi connectivity index (χ0v) is 12.8. The van der Waals surface area contributed by atoms with E-state index in [9.17, 15) is 19.2 Å². The Morgan fingerprint density at radius 1 is 1.43 bits per heavy atom. The molecule has 1 heterocycles. The topological polar surface area (TPSA) is 92.8 Å². The van der Waals surface area contributed by atoms with E-state index < -0.39 is 6.04 Å². The minimum Gasteiger partial charge on any atom is -0.486 e. The van der Waals surface area contributed by atoms with E-state index in [2.05, 4.69) is 5.32 Å². The Balaban J connectivity index is 2.16. The van der Waals surface area contributed by atoms with E-state index in [-0.39, 0.29) is 37.8 Å². The summed E-state index contributed by atoms with van der Waals surface area (Å²) in [6.45, 7) is 0.124. The fraction of sp³-hybridized carbons (Fsp3) is 0.375. The number of nitrogens with zero attached hydrogens (tertiary/aromatic N) is 1. The predicted octanol–water partition coefficient (Wildman–Crippen LogP) is 0.314. The number of ether oxygens (including phenoxy) is 1. The minimum absolute atomic E-state index is 0.0988. The van der Waals surface area contributed by atoms with Crippen LogP contribution in [0, 0.1) is 0 Å². The van der Waals surface area contributed by atoms with Gasteiger partial charge in [-0.1, -0.05) is 6.07 Å². The van der Waals surface area contributed by atoms with Gasteiger partial charge in [-0.05, 0) is 18.6 Å². The van der Waals surface area contributed by atoms with Crippen molar-refractivity contribution < 1.29 is 23.9 Å². The van der Waals surface area contributed by atoms with Crippen LogP contribution in [0.2, 0.25) is 0 Å². The van der Waals surface area contributed by atoms with Crippen molar-refractivity contribution in [2.45, 2.75) is 25.4 Å². The average Bonchev–Trinajstić information content (AvgIpc) is 2.91. The molecule has 0 spiro atoms. The molecule has 0 aliphatic carbocycles. The number of fused-ring (bicyclic) bond motifs is 1. The molecule has 7 nitrogen and oxygen atoms in total. The molecule has 0 fully saturated rings. The molecule has 1 aliphatic rings. The molecule has 0 saturated carbocycles. The molecule has 0 saturated heterocycles. The van der Waals surface area contributed by atoms with Crippen LogP contribution in [0.25, 0.3) is 0 Å². The summed E-state index contributed by atoms with van der Waals surface area (Å²) < 4.78 is 5.32. The van der Waals surface area contributed by atoms with E-state index in [1.54, 1.807) is 18.2 Å². The van der Waals surface area contributed by atoms with Gasteiger partial charge in [0.05, 0.1) is 12.6 Å². The highest BCUT2D eigenvalue weighted by atomic mass is 16.5. The first-order chi connectivity index (χ1) is 11.1. The van der Waals surface area contributed by atoms with Gasteiger partial charge in [-0.25, -0.2) is 0 Å². The third-order valence-electron chi connectivity index (χ3n) is 3.76. The van der Waals surface area contributed by atoms with Crippen molar-refractivity contribution in [3.05, 3.63) is 29.3 Å². The quantitative estimate of drug-likeness (QED) is 0.697. The highest BCUT2D eigenvalue weighted by Crippen LogP contribution is 2.32. The number of hydrogen-bond acceptors (Lipinski definition) is 5. The average molecular weight is 318 g/mol. The van der Waals surface area contributed by atoms with Gasteiger partial charge in [-0.3, -0.25) is 14.4 Å². The van der Waals surface area contributed by atoms with Crippen LogP contribution in [0.1, 0.15) is 28.8 Å². The number of rotatable bonds is 8. The molecule has 1 N–H and O–H groups in total. The minimum atomic E-state index is -0.675. The monoisotopic (exact) mass is 318 g/mol. The van der Waals surface area contributed by atoms with Crippen LogP contribution in [0.4, 0.5) is 0 Å². The molecule has 122 valence electrons. The zero-order chi connectivity index (χ0) is 16.8. The van der Waals surface area contributed by atoms with Gasteiger partial charge >= 0.3 is 0 Å². The lowest BCUT2D eigenvalue weighted by Crippen LogP contribution is -2.37. The Kier molecular flexibility index (Phi) is 5.46. The largest absolute Gasteiger partial charge is 0.486 e. The molecule has 7 heteroatoms. The molecule has 0 radical (unpaired) electrons. The summed E-state index contributed by atoms with van der Waals surface area (Å²) in [5, 5.41) is 2.48. The van der Waals surface area contributed by atoms with E-state index in [0.717, 1.165) is 0 Å². The van der Waals surface area contributed by atoms with E-state index in [1.807, 2.05) is 0 Å². The van der Waals surface area contributed by atoms with Gasteiger partial charge in [0, 0.05) is 24.6 Å². The molecule has 1 aromatic rings. The van der Waals surface area contributed by atoms with Crippen molar-refractivity contribution in [2.75, 3.05) is 13.7 Å². The van der Waals surface area contributed by atoms with Gasteiger partial charge in [0.2, 0.25) is 5.91 Å². The van der Waals surface area contributed by atoms with Gasteiger partial charge in [-0.15, -0.1) is 0 Å². The van der Waals surface area contributed by atoms with E-state index in [4.69, 9.17) is 4.74 Å². The molecule has 2 amide bonds. The SMILES string of the molecule is CNC(=O)CCC(C=O)N1Cc2c(OCC=O)cccc2C1=O. The van der Waals surface area contributed by atoms with Crippen LogP contribution in [0.3, 0.4) is 0 Å². The number of carbonyl (C=O) groups excluding carboxylic acids is 4. The van der Waals surface area contributed by atoms with E-state index in [1.165, 1.54) is 11.9 Å². The molecule has 1 unspecified atom stereocenters. The summed E-state index contributed by atoms with van der Waals surface area (Å²) in [4.78, 5) is 47.0. The first-order valence-corrected chi connectivity index (χ1v) is 7.27. The Bertz CT molecular complexity index is 629. The predicted molar refractivity (Wildman–Crippen MR) is 81.0 cm³/mol. The van der Waals surface area contributed by atoms with Gasteiger partial charge in [0.1, 0.15) is 18.6 Å². The van der Waals surface area contributed by atoms with Crippen molar-refractivity contribution in [3.8, 4) is 5.75 Å². The number of hydrogen-bond donors (Lipinski definition) is 1. The lowest BCUT2D eigenvalue weighted by molar-refractivity contribution is -0.121. The van der Waals surface area contributed by atoms with Crippen LogP contribution < -0.4 is 10.1 Å². The summed E-state index contributed by atoms with van der Waals surface area (Å²) in [6.07, 6.45) is 1.73. The number of nitrogens with one attached hydrogen (secondary N) is 1. The molecular weight excluding hydrogens is 300 g/mol. The molecule has 1 aliphatic heterocycles. The van der Waals surface area contributed by atoms with Crippen molar-refractivity contribution in [3.63, 3.8) is 0 Å². The highest BCUT2D eigenvalue weighted by molar-refractivity contribution is 6.00. The Hall–Kier alpha value is -2.70. The summed E-state index contributed by atoms with van der Waals surface area (Å²) in [7, 11) is 1.52. The van der Waals surface area contributed by atoms with Gasteiger partial charge in [-0.2, -0.15) is 0 Å². The van der Waals surface area contributed by atoms with Crippen molar-refractivity contribution in [2.24, 2.45) is 0 Å². The third kappa shape index (κ3) is 3.56. The van der Waals surface area contributed by atoms with Crippen LogP contribution in [0.15, 0.2) is 18.2 Å². The smallest absolute Gasteiger partial charge is 0.255 e. The molecule has 0 bridgehead atoms. The second-order valence-electron chi connectivity index (χ2n) is 5.11. The van der Waals surface area contributed by atoms with Gasteiger partial charge in [0.15, 0.2) is 6.29 Å². The van der Waals surface area contributed by atoms with Crippen molar-refractivity contribution in [1.82, 2.24) is 10.2 Å². The van der Waals surface area contributed by atoms with E-state index >= 15 is 0 Å². The number of amides is 2. The lowest BCUT2D eigenvalue weighted by Gasteiger charge is -2.22. The van der Waals surface area contributed by atoms with E-state index in [0.29, 0.717) is 29.4 Å². The first-order valence-electron chi connectivity index (χ1n) is 7.27. The standard InChI is InChI=1S/C16H18N2O5/c1-17-15(21)6-5-11(10-20)18-9-13-12(16(18)22)3-2-4-14(13)23-8-7-19/h2-4,7,10-11H,5-6,8-9H2,1H3,(H,17,21). The van der Waals surface area contributed by atoms with Gasteiger partial charge < -0.3 is 19.7 Å². The third-order valence-corrected chi connectivity index (χ3v) is 3.76. The molecule has 0 aromatic heterocycles. The highest BCUT2D eigenvalue weighted by Gasteiger charge is 2.34. The van der Waals surface area contributed by atoms with Gasteiger partial charge in [0.25, 0.3) is 5.91 Å². The Labute approximate surface area is 133 Å². The molecule has 1 atom stereocenters. The Morgan fingerprint density at radius 2 is 2.22 bits per heavy atom.